The van der Waals surface area contributed by atoms with Crippen LogP contribution in [0.5, 0.6) is 0 Å². The van der Waals surface area contributed by atoms with Crippen LogP contribution >= 0.6 is 11.8 Å². The predicted molar refractivity (Wildman–Crippen MR) is 70.6 cm³/mol. The molecule has 6 nitrogen and oxygen atoms in total. The highest BCUT2D eigenvalue weighted by Crippen LogP contribution is 1.97. The number of hydrogen-bond donors (Lipinski definition) is 4. The van der Waals surface area contributed by atoms with Gasteiger partial charge in [-0.3, -0.25) is 9.59 Å². The van der Waals surface area contributed by atoms with Gasteiger partial charge in [0.05, 0.1) is 6.04 Å². The molecule has 0 radical (unpaired) electrons. The molecule has 0 aromatic heterocycles. The molecule has 0 fully saturated rings. The van der Waals surface area contributed by atoms with Gasteiger partial charge >= 0.3 is 0 Å². The number of hydrogen-bond acceptors (Lipinski definition) is 5. The minimum atomic E-state index is -0.800. The molecule has 0 rings (SSSR count). The Morgan fingerprint density at radius 2 is 2.29 bits per heavy atom. The van der Waals surface area contributed by atoms with E-state index in [0.717, 1.165) is 0 Å². The van der Waals surface area contributed by atoms with Gasteiger partial charge in [-0.1, -0.05) is 6.58 Å². The lowest BCUT2D eigenvalue weighted by Crippen LogP contribution is -2.54. The molecule has 0 unspecified atom stereocenters. The first-order valence-corrected chi connectivity index (χ1v) is 6.52. The topological polar surface area (TPSA) is 96.2 Å². The summed E-state index contributed by atoms with van der Waals surface area (Å²) >= 11 is 1.53. The van der Waals surface area contributed by atoms with Gasteiger partial charge in [0, 0.05) is 12.3 Å². The monoisotopic (exact) mass is 262 g/mol. The second-order valence-electron chi connectivity index (χ2n) is 3.33. The average Bonchev–Trinajstić information content (AvgIpc) is 2.39. The Morgan fingerprint density at radius 1 is 1.59 bits per heavy atom. The number of nitrogens with two attached hydrogens (primary N) is 1. The lowest BCUT2D eigenvalue weighted by atomic mass is 10.2. The van der Waals surface area contributed by atoms with Crippen molar-refractivity contribution in [1.29, 1.82) is 0 Å². The van der Waals surface area contributed by atoms with Crippen LogP contribution in [0.2, 0.25) is 1.41 Å². The van der Waals surface area contributed by atoms with Crippen molar-refractivity contribution in [3.8, 4) is 0 Å². The van der Waals surface area contributed by atoms with Gasteiger partial charge in [-0.25, -0.2) is 0 Å². The quantitative estimate of drug-likeness (QED) is 0.412. The fourth-order valence-corrected chi connectivity index (χ4v) is 1.79. The first-order valence-electron chi connectivity index (χ1n) is 5.63. The minimum Gasteiger partial charge on any atom is -0.389 e. The van der Waals surface area contributed by atoms with E-state index in [2.05, 4.69) is 22.5 Å². The standard InChI is InChI=1S/C10H20N4O2S/c1-4-13-5-7(9(11)15)14-10(16)8(12-2)6-17-3/h4,7-8,12-13H,1,5-6H2,2-3H3,(H2,11,15)(H,14,16)/t7-,8-/m0/s1/i/hT. The summed E-state index contributed by atoms with van der Waals surface area (Å²) in [5.74, 6) is -0.241. The lowest BCUT2D eigenvalue weighted by Gasteiger charge is -2.20. The molecule has 2 amide bonds. The summed E-state index contributed by atoms with van der Waals surface area (Å²) in [7, 11) is 1.68. The van der Waals surface area contributed by atoms with Crippen molar-refractivity contribution in [3.63, 3.8) is 0 Å². The zero-order valence-corrected chi connectivity index (χ0v) is 10.9. The molecular formula is C10H20N4O2S. The smallest absolute Gasteiger partial charge is 0.241 e. The highest BCUT2D eigenvalue weighted by molar-refractivity contribution is 7.98. The Bertz CT molecular complexity index is 291. The van der Waals surface area contributed by atoms with Crippen LogP contribution in [0.25, 0.3) is 0 Å². The fraction of sp³-hybridized carbons (Fsp3) is 0.600. The average molecular weight is 262 g/mol. The maximum Gasteiger partial charge on any atom is 0.241 e. The Balaban J connectivity index is 4.49. The Hall–Kier alpha value is -1.21. The first-order chi connectivity index (χ1) is 8.60. The van der Waals surface area contributed by atoms with E-state index in [1.54, 1.807) is 12.8 Å². The third-order valence-electron chi connectivity index (χ3n) is 2.10. The van der Waals surface area contributed by atoms with Crippen LogP contribution in [0.3, 0.4) is 0 Å². The van der Waals surface area contributed by atoms with Crippen LogP contribution in [0.15, 0.2) is 12.8 Å². The molecule has 0 heterocycles. The molecule has 0 saturated carbocycles. The van der Waals surface area contributed by atoms with Crippen LogP contribution in [0, 0.1) is 0 Å². The van der Waals surface area contributed by atoms with Crippen molar-refractivity contribution in [2.45, 2.75) is 12.1 Å². The third kappa shape index (κ3) is 6.18. The van der Waals surface area contributed by atoms with E-state index in [0.29, 0.717) is 5.75 Å². The molecule has 17 heavy (non-hydrogen) atoms. The summed E-state index contributed by atoms with van der Waals surface area (Å²) in [6.45, 7) is 3.65. The van der Waals surface area contributed by atoms with Crippen molar-refractivity contribution in [3.05, 3.63) is 12.8 Å². The van der Waals surface area contributed by atoms with Crippen molar-refractivity contribution < 1.29 is 11.0 Å². The van der Waals surface area contributed by atoms with Crippen molar-refractivity contribution in [1.82, 2.24) is 16.0 Å². The summed E-state index contributed by atoms with van der Waals surface area (Å²) < 4.78 is 6.83. The van der Waals surface area contributed by atoms with Gasteiger partial charge in [0.2, 0.25) is 11.8 Å². The van der Waals surface area contributed by atoms with Crippen LogP contribution < -0.4 is 21.7 Å². The van der Waals surface area contributed by atoms with Gasteiger partial charge in [-0.15, -0.1) is 0 Å². The number of carbonyl (C=O) groups excluding carboxylic acids is 2. The number of amides is 2. The minimum absolute atomic E-state index is 0.190. The van der Waals surface area contributed by atoms with Crippen LogP contribution in [-0.4, -0.2) is 49.5 Å². The summed E-state index contributed by atoms with van der Waals surface area (Å²) in [6.07, 6.45) is 3.32. The molecule has 7 heteroatoms. The van der Waals surface area contributed by atoms with Gasteiger partial charge in [0.1, 0.15) is 6.04 Å². The van der Waals surface area contributed by atoms with E-state index >= 15 is 0 Å². The van der Waals surface area contributed by atoms with Gasteiger partial charge in [-0.05, 0) is 19.5 Å². The summed E-state index contributed by atoms with van der Waals surface area (Å²) in [4.78, 5) is 23.3. The van der Waals surface area contributed by atoms with Crippen LogP contribution in [0.4, 0.5) is 0 Å². The van der Waals surface area contributed by atoms with Crippen molar-refractivity contribution in [2.75, 3.05) is 25.6 Å². The number of likely N-dealkylation sites (N-methyl/N-ethyl adjacent to an activating group) is 1. The molecule has 0 aromatic rings. The zero-order valence-electron chi connectivity index (χ0n) is 11.1. The largest absolute Gasteiger partial charge is 0.389 e. The van der Waals surface area contributed by atoms with E-state index in [1.807, 2.05) is 6.26 Å². The number of carbonyl (C=O) groups is 2. The summed E-state index contributed by atoms with van der Waals surface area (Å²) in [6, 6.07) is -1.17. The molecule has 2 atom stereocenters. The van der Waals surface area contributed by atoms with Gasteiger partial charge in [-0.2, -0.15) is 11.8 Å². The van der Waals surface area contributed by atoms with E-state index in [4.69, 9.17) is 1.41 Å². The van der Waals surface area contributed by atoms with Crippen LogP contribution in [0.1, 0.15) is 0 Å². The van der Waals surface area contributed by atoms with E-state index in [1.165, 1.54) is 18.0 Å². The molecule has 0 aliphatic carbocycles. The van der Waals surface area contributed by atoms with Gasteiger partial charge in [0.25, 0.3) is 0 Å². The molecule has 5 N–H and O–H groups in total. The number of thioether (sulfide) groups is 1. The first kappa shape index (κ1) is 13.9. The highest BCUT2D eigenvalue weighted by Gasteiger charge is 2.22. The van der Waals surface area contributed by atoms with Gasteiger partial charge in [0.15, 0.2) is 1.41 Å². The second kappa shape index (κ2) is 8.89. The molecule has 98 valence electrons. The molecule has 0 spiro atoms. The molecule has 0 aliphatic heterocycles. The van der Waals surface area contributed by atoms with Gasteiger partial charge < -0.3 is 21.7 Å². The fourth-order valence-electron chi connectivity index (χ4n) is 1.14. The molecule has 0 aliphatic rings. The van der Waals surface area contributed by atoms with Crippen molar-refractivity contribution in [2.24, 2.45) is 5.73 Å². The third-order valence-corrected chi connectivity index (χ3v) is 2.76. The number of rotatable bonds is 9. The molecule has 0 saturated heterocycles. The molecule has 0 bridgehead atoms. The summed E-state index contributed by atoms with van der Waals surface area (Å²) in [5, 5.41) is 8.19. The second-order valence-corrected chi connectivity index (χ2v) is 4.25. The number of nitrogens with one attached hydrogen (secondary N) is 3. The van der Waals surface area contributed by atoms with E-state index in [9.17, 15) is 9.59 Å². The lowest BCUT2D eigenvalue weighted by molar-refractivity contribution is -0.128. The highest BCUT2D eigenvalue weighted by atomic mass is 32.2. The van der Waals surface area contributed by atoms with E-state index in [-0.39, 0.29) is 18.5 Å². The number of primary amides is 1. The molecular weight excluding hydrogens is 240 g/mol. The Kier molecular flexibility index (Phi) is 7.24. The normalized spacial score (nSPS) is 14.1. The summed E-state index contributed by atoms with van der Waals surface area (Å²) in [5.41, 5.74) is 1.76. The van der Waals surface area contributed by atoms with Crippen LogP contribution in [-0.2, 0) is 9.59 Å². The Morgan fingerprint density at radius 3 is 2.76 bits per heavy atom. The Labute approximate surface area is 107 Å². The zero-order chi connectivity index (χ0) is 14.0. The van der Waals surface area contributed by atoms with E-state index < -0.39 is 11.9 Å². The molecule has 0 aromatic carbocycles. The van der Waals surface area contributed by atoms with Crippen molar-refractivity contribution >= 4 is 23.6 Å². The SMILES string of the molecule is [3H]NC(=O)[C@H](CNC=C)NC(=O)[C@H](CSC)NC. The maximum absolute atomic E-state index is 11.9. The maximum atomic E-state index is 11.9. The predicted octanol–water partition coefficient (Wildman–Crippen LogP) is -1.36.